The third-order valence-corrected chi connectivity index (χ3v) is 13.2. The van der Waals surface area contributed by atoms with E-state index in [-0.39, 0.29) is 44.3 Å². The molecule has 0 saturated heterocycles. The summed E-state index contributed by atoms with van der Waals surface area (Å²) in [7, 11) is -20.6. The molecule has 24 heteroatoms. The molecule has 0 atom stereocenters. The number of hydrogen-bond acceptors (Lipinski definition) is 20. The van der Waals surface area contributed by atoms with Gasteiger partial charge in [-0.2, -0.15) is 0 Å². The average molecular weight is 964 g/mol. The SMILES string of the molecule is O=S(=O)([O-])c1ccc(S(=O)(=O)[O-])c(N=Nc2ccc(N=Nc3ccc(N=Nc4c(S(=O)(=O)[O-])cc5cc(Nc6ccccc6)ccc5c4O)c4ccccc34)c3cc(S(=O)(=O)[O-])ccc23)c1. The molecule has 0 bridgehead atoms. The van der Waals surface area contributed by atoms with Crippen molar-refractivity contribution in [2.24, 2.45) is 30.7 Å². The molecule has 0 fully saturated rings. The summed E-state index contributed by atoms with van der Waals surface area (Å²) in [5, 5.41) is 40.3. The zero-order valence-corrected chi connectivity index (χ0v) is 36.2. The largest absolute Gasteiger partial charge is 0.744 e. The number of aromatic hydroxyl groups is 1. The van der Waals surface area contributed by atoms with Crippen LogP contribution in [-0.4, -0.2) is 57.0 Å². The highest BCUT2D eigenvalue weighted by Crippen LogP contribution is 2.44. The Balaban J connectivity index is 1.17. The molecular weight excluding hydrogens is 939 g/mol. The first-order valence-electron chi connectivity index (χ1n) is 18.6. The molecular formula is C42H25N7O13S4-4. The minimum atomic E-state index is -5.25. The molecule has 0 heterocycles. The first kappa shape index (κ1) is 45.2. The monoisotopic (exact) mass is 963 g/mol. The van der Waals surface area contributed by atoms with E-state index in [4.69, 9.17) is 0 Å². The number of benzene rings is 8. The van der Waals surface area contributed by atoms with E-state index in [1.165, 1.54) is 36.4 Å². The third kappa shape index (κ3) is 9.51. The summed E-state index contributed by atoms with van der Waals surface area (Å²) >= 11 is 0. The molecule has 0 aliphatic rings. The number of nitrogens with zero attached hydrogens (tertiary/aromatic N) is 6. The van der Waals surface area contributed by atoms with Gasteiger partial charge in [-0.3, -0.25) is 0 Å². The lowest BCUT2D eigenvalue weighted by molar-refractivity contribution is 0.458. The highest BCUT2D eigenvalue weighted by atomic mass is 32.2. The average Bonchev–Trinajstić information content (AvgIpc) is 3.26. The van der Waals surface area contributed by atoms with Crippen molar-refractivity contribution in [2.75, 3.05) is 5.32 Å². The molecule has 0 amide bonds. The van der Waals surface area contributed by atoms with Crippen molar-refractivity contribution >= 4 is 118 Å². The number of rotatable bonds is 12. The summed E-state index contributed by atoms with van der Waals surface area (Å²) in [5.41, 5.74) is 0.135. The number of phenolic OH excluding ortho intramolecular Hbond substituents is 1. The van der Waals surface area contributed by atoms with Gasteiger partial charge in [-0.15, -0.1) is 30.7 Å². The fourth-order valence-corrected chi connectivity index (χ4v) is 8.96. The molecule has 2 N–H and O–H groups in total. The van der Waals surface area contributed by atoms with Gasteiger partial charge < -0.3 is 28.6 Å². The zero-order valence-electron chi connectivity index (χ0n) is 32.9. The summed E-state index contributed by atoms with van der Waals surface area (Å²) < 4.78 is 144. The van der Waals surface area contributed by atoms with E-state index in [1.54, 1.807) is 36.4 Å². The Morgan fingerprint density at radius 2 is 0.848 bits per heavy atom. The lowest BCUT2D eigenvalue weighted by atomic mass is 10.1. The topological polar surface area (TPSA) is 335 Å². The van der Waals surface area contributed by atoms with Crippen molar-refractivity contribution in [3.05, 3.63) is 140 Å². The van der Waals surface area contributed by atoms with Gasteiger partial charge >= 0.3 is 0 Å². The Morgan fingerprint density at radius 3 is 1.41 bits per heavy atom. The summed E-state index contributed by atoms with van der Waals surface area (Å²) in [4.78, 5) is -3.40. The molecule has 0 saturated carbocycles. The summed E-state index contributed by atoms with van der Waals surface area (Å²) in [6.45, 7) is 0. The standard InChI is InChI=1S/C42H29N7O13S4/c50-42-29-13-10-26(43-25-6-2-1-3-7-25)20-24(29)21-40(66(60,61)62)41(42)49-47-35-16-15-34(30-8-4-5-9-31(30)35)44-46-37-18-17-36(32-14-11-27(22-33(32)37)63(51,52)53)45-48-38-23-28(64(54,55)56)12-19-39(38)65(57,58)59/h1-23,43,50H,(H,51,52,53)(H,54,55,56)(H,57,58,59)(H,60,61,62)/p-4. The van der Waals surface area contributed by atoms with Crippen molar-refractivity contribution in [1.82, 2.24) is 0 Å². The Hall–Kier alpha value is -7.42. The predicted molar refractivity (Wildman–Crippen MR) is 234 cm³/mol. The maximum absolute atomic E-state index is 12.5. The van der Waals surface area contributed by atoms with Gasteiger partial charge in [0.2, 0.25) is 0 Å². The number of nitrogens with one attached hydrogen (secondary N) is 1. The number of phenols is 1. The van der Waals surface area contributed by atoms with E-state index in [0.29, 0.717) is 34.7 Å². The molecule has 66 heavy (non-hydrogen) atoms. The molecule has 20 nitrogen and oxygen atoms in total. The van der Waals surface area contributed by atoms with Gasteiger partial charge in [0.1, 0.15) is 51.8 Å². The quantitative estimate of drug-likeness (QED) is 0.0850. The molecule has 334 valence electrons. The molecule has 8 aromatic rings. The minimum absolute atomic E-state index is 0.0225. The van der Waals surface area contributed by atoms with Gasteiger partial charge in [-0.05, 0) is 96.4 Å². The van der Waals surface area contributed by atoms with E-state index in [1.807, 2.05) is 30.3 Å². The van der Waals surface area contributed by atoms with Crippen LogP contribution in [0.5, 0.6) is 5.75 Å². The van der Waals surface area contributed by atoms with E-state index < -0.39 is 77.2 Å². The maximum atomic E-state index is 12.5. The van der Waals surface area contributed by atoms with Crippen LogP contribution in [0.1, 0.15) is 0 Å². The number of hydrogen-bond donors (Lipinski definition) is 2. The van der Waals surface area contributed by atoms with Crippen molar-refractivity contribution in [1.29, 1.82) is 0 Å². The normalized spacial score (nSPS) is 12.9. The van der Waals surface area contributed by atoms with Crippen LogP contribution < -0.4 is 5.32 Å². The van der Waals surface area contributed by atoms with Gasteiger partial charge in [0, 0.05) is 38.3 Å². The maximum Gasteiger partial charge on any atom is 0.152 e. The number of fused-ring (bicyclic) bond motifs is 3. The van der Waals surface area contributed by atoms with Gasteiger partial charge in [-0.25, -0.2) is 33.7 Å². The molecule has 0 spiro atoms. The fraction of sp³-hybridized carbons (Fsp3) is 0. The first-order chi connectivity index (χ1) is 31.1. The van der Waals surface area contributed by atoms with E-state index in [0.717, 1.165) is 23.9 Å². The van der Waals surface area contributed by atoms with Crippen LogP contribution in [0.4, 0.5) is 45.5 Å². The predicted octanol–water partition coefficient (Wildman–Crippen LogP) is 9.46. The lowest BCUT2D eigenvalue weighted by Gasteiger charge is -2.15. The van der Waals surface area contributed by atoms with Crippen molar-refractivity contribution in [3.63, 3.8) is 0 Å². The minimum Gasteiger partial charge on any atom is -0.744 e. The van der Waals surface area contributed by atoms with E-state index in [9.17, 15) is 57.0 Å². The van der Waals surface area contributed by atoms with E-state index in [2.05, 4.69) is 36.0 Å². The Bertz CT molecular complexity index is 3870. The highest BCUT2D eigenvalue weighted by molar-refractivity contribution is 7.86. The lowest BCUT2D eigenvalue weighted by Crippen LogP contribution is -2.02. The van der Waals surface area contributed by atoms with Crippen LogP contribution in [0.3, 0.4) is 0 Å². The van der Waals surface area contributed by atoms with Gasteiger partial charge in [-0.1, -0.05) is 48.5 Å². The van der Waals surface area contributed by atoms with Gasteiger partial charge in [0.05, 0.1) is 42.3 Å². The summed E-state index contributed by atoms with van der Waals surface area (Å²) in [6, 6.07) is 31.8. The van der Waals surface area contributed by atoms with Crippen molar-refractivity contribution in [3.8, 4) is 5.75 Å². The Morgan fingerprint density at radius 1 is 0.379 bits per heavy atom. The number of anilines is 2. The molecule has 0 aliphatic heterocycles. The van der Waals surface area contributed by atoms with E-state index >= 15 is 0 Å². The second-order valence-corrected chi connectivity index (χ2v) is 19.5. The molecule has 8 aromatic carbocycles. The summed E-state index contributed by atoms with van der Waals surface area (Å²) in [5.74, 6) is -0.608. The second-order valence-electron chi connectivity index (χ2n) is 14.0. The van der Waals surface area contributed by atoms with Crippen LogP contribution in [0.15, 0.2) is 190 Å². The van der Waals surface area contributed by atoms with Crippen LogP contribution in [0.2, 0.25) is 0 Å². The zero-order chi connectivity index (χ0) is 47.2. The molecule has 0 aliphatic carbocycles. The van der Waals surface area contributed by atoms with Gasteiger partial charge in [0.25, 0.3) is 0 Å². The Labute approximate surface area is 374 Å². The van der Waals surface area contributed by atoms with Crippen LogP contribution >= 0.6 is 0 Å². The Kier molecular flexibility index (Phi) is 11.8. The van der Waals surface area contributed by atoms with Crippen LogP contribution in [0, 0.1) is 0 Å². The number of azo groups is 3. The second kappa shape index (κ2) is 17.2. The summed E-state index contributed by atoms with van der Waals surface area (Å²) in [6.07, 6.45) is 0. The molecule has 0 radical (unpaired) electrons. The molecule has 8 rings (SSSR count). The third-order valence-electron chi connectivity index (χ3n) is 9.77. The van der Waals surface area contributed by atoms with Gasteiger partial charge in [0.15, 0.2) is 5.75 Å². The smallest absolute Gasteiger partial charge is 0.152 e. The molecule has 0 unspecified atom stereocenters. The fourth-order valence-electron chi connectivity index (χ4n) is 6.73. The number of para-hydroxylation sites is 1. The van der Waals surface area contributed by atoms with Crippen LogP contribution in [0.25, 0.3) is 32.3 Å². The molecule has 0 aromatic heterocycles. The van der Waals surface area contributed by atoms with Crippen molar-refractivity contribution in [2.45, 2.75) is 19.6 Å². The first-order valence-corrected chi connectivity index (χ1v) is 24.2. The highest BCUT2D eigenvalue weighted by Gasteiger charge is 2.19. The van der Waals surface area contributed by atoms with Crippen molar-refractivity contribution < 1.29 is 57.0 Å². The van der Waals surface area contributed by atoms with Crippen LogP contribution in [-0.2, 0) is 40.5 Å².